The van der Waals surface area contributed by atoms with Crippen molar-refractivity contribution in [1.29, 1.82) is 0 Å². The van der Waals surface area contributed by atoms with Crippen molar-refractivity contribution in [2.75, 3.05) is 6.61 Å². The van der Waals surface area contributed by atoms with Crippen LogP contribution in [0.15, 0.2) is 0 Å². The van der Waals surface area contributed by atoms with Crippen LogP contribution in [0.2, 0.25) is 0 Å². The van der Waals surface area contributed by atoms with Crippen LogP contribution in [0.4, 0.5) is 0 Å². The highest BCUT2D eigenvalue weighted by atomic mass is 16.5. The van der Waals surface area contributed by atoms with E-state index in [9.17, 15) is 0 Å². The molecular formula is C13H30N2O. The number of hydrogen-bond acceptors (Lipinski definition) is 3. The summed E-state index contributed by atoms with van der Waals surface area (Å²) in [6.45, 7) is 13.2. The van der Waals surface area contributed by atoms with Crippen molar-refractivity contribution in [2.24, 2.45) is 17.4 Å². The van der Waals surface area contributed by atoms with E-state index in [1.165, 1.54) is 0 Å². The highest BCUT2D eigenvalue weighted by Gasteiger charge is 2.28. The summed E-state index contributed by atoms with van der Waals surface area (Å²) in [5.74, 6) is 0.339. The van der Waals surface area contributed by atoms with E-state index < -0.39 is 0 Å². The molecule has 0 rings (SSSR count). The number of ether oxygens (including phenoxy) is 1. The van der Waals surface area contributed by atoms with E-state index in [0.29, 0.717) is 12.5 Å². The standard InChI is InChI=1S/C13H30N2O/c1-7-13(6,8-11(3)14)16-9-10(2)12(4,5)15/h10-11H,7-9,14-15H2,1-6H3. The first-order valence-electron chi connectivity index (χ1n) is 6.29. The van der Waals surface area contributed by atoms with Crippen LogP contribution in [0.1, 0.15) is 54.4 Å². The first-order valence-corrected chi connectivity index (χ1v) is 6.29. The third kappa shape index (κ3) is 5.83. The van der Waals surface area contributed by atoms with Gasteiger partial charge in [0, 0.05) is 11.6 Å². The quantitative estimate of drug-likeness (QED) is 0.705. The minimum Gasteiger partial charge on any atom is -0.375 e. The van der Waals surface area contributed by atoms with E-state index in [-0.39, 0.29) is 17.2 Å². The lowest BCUT2D eigenvalue weighted by Gasteiger charge is -2.34. The van der Waals surface area contributed by atoms with Crippen LogP contribution < -0.4 is 11.5 Å². The second kappa shape index (κ2) is 5.99. The molecule has 0 aliphatic rings. The normalized spacial score (nSPS) is 20.2. The maximum Gasteiger partial charge on any atom is 0.0666 e. The third-order valence-electron chi connectivity index (χ3n) is 3.45. The third-order valence-corrected chi connectivity index (χ3v) is 3.45. The fourth-order valence-electron chi connectivity index (χ4n) is 1.53. The molecule has 0 aromatic carbocycles. The van der Waals surface area contributed by atoms with Gasteiger partial charge < -0.3 is 16.2 Å². The Morgan fingerprint density at radius 2 is 1.69 bits per heavy atom. The molecule has 0 heterocycles. The summed E-state index contributed by atoms with van der Waals surface area (Å²) >= 11 is 0. The van der Waals surface area contributed by atoms with Crippen molar-refractivity contribution < 1.29 is 4.74 Å². The Balaban J connectivity index is 4.24. The van der Waals surface area contributed by atoms with Gasteiger partial charge in [-0.3, -0.25) is 0 Å². The molecule has 0 aliphatic heterocycles. The molecule has 4 N–H and O–H groups in total. The summed E-state index contributed by atoms with van der Waals surface area (Å²) < 4.78 is 6.02. The summed E-state index contributed by atoms with van der Waals surface area (Å²) in [5.41, 5.74) is 11.6. The molecule has 16 heavy (non-hydrogen) atoms. The van der Waals surface area contributed by atoms with E-state index in [0.717, 1.165) is 12.8 Å². The molecule has 0 aliphatic carbocycles. The summed E-state index contributed by atoms with van der Waals surface area (Å²) in [6.07, 6.45) is 1.87. The summed E-state index contributed by atoms with van der Waals surface area (Å²) in [7, 11) is 0. The van der Waals surface area contributed by atoms with Crippen LogP contribution in [-0.2, 0) is 4.74 Å². The monoisotopic (exact) mass is 230 g/mol. The summed E-state index contributed by atoms with van der Waals surface area (Å²) in [4.78, 5) is 0. The lowest BCUT2D eigenvalue weighted by molar-refractivity contribution is -0.0640. The van der Waals surface area contributed by atoms with Crippen molar-refractivity contribution in [3.63, 3.8) is 0 Å². The van der Waals surface area contributed by atoms with Gasteiger partial charge >= 0.3 is 0 Å². The first-order chi connectivity index (χ1) is 7.10. The second-order valence-electron chi connectivity index (χ2n) is 6.02. The van der Waals surface area contributed by atoms with Crippen molar-refractivity contribution in [3.8, 4) is 0 Å². The van der Waals surface area contributed by atoms with Gasteiger partial charge in [0.1, 0.15) is 0 Å². The van der Waals surface area contributed by atoms with E-state index in [1.54, 1.807) is 0 Å². The van der Waals surface area contributed by atoms with Crippen molar-refractivity contribution in [2.45, 2.75) is 71.6 Å². The van der Waals surface area contributed by atoms with Gasteiger partial charge in [0.2, 0.25) is 0 Å². The van der Waals surface area contributed by atoms with Gasteiger partial charge in [-0.15, -0.1) is 0 Å². The van der Waals surface area contributed by atoms with Crippen LogP contribution in [0.3, 0.4) is 0 Å². The molecule has 0 saturated heterocycles. The zero-order valence-electron chi connectivity index (χ0n) is 11.8. The Hall–Kier alpha value is -0.120. The molecule has 0 spiro atoms. The molecule has 0 fully saturated rings. The SMILES string of the molecule is CCC(C)(CC(C)N)OCC(C)C(C)(C)N. The van der Waals surface area contributed by atoms with Gasteiger partial charge in [-0.05, 0) is 46.5 Å². The minimum atomic E-state index is -0.191. The zero-order valence-corrected chi connectivity index (χ0v) is 11.8. The van der Waals surface area contributed by atoms with Crippen molar-refractivity contribution >= 4 is 0 Å². The number of nitrogens with two attached hydrogens (primary N) is 2. The Bertz CT molecular complexity index is 199. The molecule has 3 atom stereocenters. The van der Waals surface area contributed by atoms with E-state index >= 15 is 0 Å². The average Bonchev–Trinajstić information content (AvgIpc) is 2.11. The fraction of sp³-hybridized carbons (Fsp3) is 1.00. The molecule has 3 nitrogen and oxygen atoms in total. The molecule has 3 unspecified atom stereocenters. The zero-order chi connectivity index (χ0) is 13.0. The van der Waals surface area contributed by atoms with Crippen molar-refractivity contribution in [3.05, 3.63) is 0 Å². The molecule has 0 aromatic rings. The van der Waals surface area contributed by atoms with Crippen molar-refractivity contribution in [1.82, 2.24) is 0 Å². The van der Waals surface area contributed by atoms with E-state index in [4.69, 9.17) is 16.2 Å². The van der Waals surface area contributed by atoms with Crippen LogP contribution in [0, 0.1) is 5.92 Å². The Kier molecular flexibility index (Phi) is 5.94. The van der Waals surface area contributed by atoms with Gasteiger partial charge in [-0.25, -0.2) is 0 Å². The summed E-state index contributed by atoms with van der Waals surface area (Å²) in [6, 6.07) is 0.172. The predicted molar refractivity (Wildman–Crippen MR) is 70.3 cm³/mol. The second-order valence-corrected chi connectivity index (χ2v) is 6.02. The topological polar surface area (TPSA) is 61.3 Å². The minimum absolute atomic E-state index is 0.117. The molecule has 3 heteroatoms. The maximum atomic E-state index is 6.05. The van der Waals surface area contributed by atoms with E-state index in [2.05, 4.69) is 20.8 Å². The maximum absolute atomic E-state index is 6.05. The molecule has 0 radical (unpaired) electrons. The van der Waals surface area contributed by atoms with Crippen LogP contribution in [0.25, 0.3) is 0 Å². The van der Waals surface area contributed by atoms with Crippen LogP contribution in [0.5, 0.6) is 0 Å². The highest BCUT2D eigenvalue weighted by molar-refractivity contribution is 4.82. The van der Waals surface area contributed by atoms with Gasteiger partial charge in [0.25, 0.3) is 0 Å². The van der Waals surface area contributed by atoms with E-state index in [1.807, 2.05) is 20.8 Å². The van der Waals surface area contributed by atoms with Gasteiger partial charge in [0.15, 0.2) is 0 Å². The lowest BCUT2D eigenvalue weighted by Crippen LogP contribution is -2.44. The van der Waals surface area contributed by atoms with Gasteiger partial charge in [0.05, 0.1) is 12.2 Å². The molecule has 98 valence electrons. The largest absolute Gasteiger partial charge is 0.375 e. The molecule has 0 bridgehead atoms. The molecule has 0 amide bonds. The lowest BCUT2D eigenvalue weighted by atomic mass is 9.90. The van der Waals surface area contributed by atoms with Crippen LogP contribution in [-0.4, -0.2) is 23.8 Å². The molecule has 0 saturated carbocycles. The predicted octanol–water partition coefficient (Wildman–Crippen LogP) is 2.28. The number of rotatable bonds is 7. The highest BCUT2D eigenvalue weighted by Crippen LogP contribution is 2.24. The Labute approximate surface area is 101 Å². The Morgan fingerprint density at radius 3 is 2.00 bits per heavy atom. The average molecular weight is 230 g/mol. The fourth-order valence-corrected chi connectivity index (χ4v) is 1.53. The molecule has 0 aromatic heterocycles. The van der Waals surface area contributed by atoms with Crippen LogP contribution >= 0.6 is 0 Å². The van der Waals surface area contributed by atoms with Gasteiger partial charge in [-0.2, -0.15) is 0 Å². The molecular weight excluding hydrogens is 200 g/mol. The first kappa shape index (κ1) is 15.9. The number of hydrogen-bond donors (Lipinski definition) is 2. The summed E-state index contributed by atoms with van der Waals surface area (Å²) in [5, 5.41) is 0. The smallest absolute Gasteiger partial charge is 0.0666 e. The van der Waals surface area contributed by atoms with Gasteiger partial charge in [-0.1, -0.05) is 13.8 Å². The Morgan fingerprint density at radius 1 is 1.19 bits per heavy atom.